The lowest BCUT2D eigenvalue weighted by Crippen LogP contribution is -2.46. The maximum absolute atomic E-state index is 14.5. The Kier molecular flexibility index (Phi) is 6.08. The molecule has 1 atom stereocenters. The molecular formula is C23H27FN4O3. The van der Waals surface area contributed by atoms with E-state index in [1.165, 1.54) is 6.07 Å². The van der Waals surface area contributed by atoms with Gasteiger partial charge in [0.1, 0.15) is 0 Å². The largest absolute Gasteiger partial charge is 0.476 e. The molecule has 2 aliphatic rings. The van der Waals surface area contributed by atoms with E-state index >= 15 is 0 Å². The molecular weight excluding hydrogens is 399 g/mol. The van der Waals surface area contributed by atoms with E-state index in [0.717, 1.165) is 37.4 Å². The van der Waals surface area contributed by atoms with E-state index in [2.05, 4.69) is 20.4 Å². The van der Waals surface area contributed by atoms with Crippen LogP contribution in [0.4, 0.5) is 15.8 Å². The Hall–Kier alpha value is -3.13. The van der Waals surface area contributed by atoms with Gasteiger partial charge in [0.15, 0.2) is 17.7 Å². The van der Waals surface area contributed by atoms with Gasteiger partial charge in [0.2, 0.25) is 0 Å². The summed E-state index contributed by atoms with van der Waals surface area (Å²) in [5.41, 5.74) is 2.93. The van der Waals surface area contributed by atoms with Crippen LogP contribution in [0.15, 0.2) is 36.4 Å². The maximum atomic E-state index is 14.5. The number of piperazine rings is 1. The molecule has 0 radical (unpaired) electrons. The number of nitrogens with one attached hydrogen (secondary N) is 2. The number of amides is 2. The number of fused-ring (bicyclic) bond motifs is 1. The van der Waals surface area contributed by atoms with Crippen molar-refractivity contribution in [3.05, 3.63) is 53.3 Å². The van der Waals surface area contributed by atoms with Gasteiger partial charge in [-0.25, -0.2) is 4.39 Å². The molecule has 0 spiro atoms. The second-order valence-electron chi connectivity index (χ2n) is 7.87. The fraction of sp³-hybridized carbons (Fsp3) is 0.391. The molecule has 164 valence electrons. The van der Waals surface area contributed by atoms with Crippen molar-refractivity contribution >= 4 is 23.2 Å². The third-order valence-electron chi connectivity index (χ3n) is 5.64. The summed E-state index contributed by atoms with van der Waals surface area (Å²) in [6, 6.07) is 10.9. The summed E-state index contributed by atoms with van der Waals surface area (Å²) >= 11 is 0. The van der Waals surface area contributed by atoms with Gasteiger partial charge in [0, 0.05) is 50.5 Å². The van der Waals surface area contributed by atoms with Crippen molar-refractivity contribution < 1.29 is 18.7 Å². The second kappa shape index (κ2) is 8.93. The first-order valence-corrected chi connectivity index (χ1v) is 10.6. The molecule has 8 heteroatoms. The topological polar surface area (TPSA) is 73.9 Å². The maximum Gasteiger partial charge on any atom is 0.265 e. The average molecular weight is 426 g/mol. The zero-order valence-corrected chi connectivity index (χ0v) is 17.8. The van der Waals surface area contributed by atoms with Crippen LogP contribution in [0, 0.1) is 5.82 Å². The fourth-order valence-electron chi connectivity index (χ4n) is 3.93. The lowest BCUT2D eigenvalue weighted by Gasteiger charge is -2.36. The number of halogens is 1. The van der Waals surface area contributed by atoms with Crippen molar-refractivity contribution in [2.24, 2.45) is 0 Å². The Balaban J connectivity index is 1.35. The average Bonchev–Trinajstić information content (AvgIpc) is 2.76. The van der Waals surface area contributed by atoms with Gasteiger partial charge in [-0.1, -0.05) is 0 Å². The number of anilines is 2. The van der Waals surface area contributed by atoms with E-state index in [9.17, 15) is 14.0 Å². The van der Waals surface area contributed by atoms with Gasteiger partial charge in [0.05, 0.1) is 5.69 Å². The van der Waals surface area contributed by atoms with Crippen LogP contribution in [0.1, 0.15) is 29.8 Å². The number of hydrogen-bond acceptors (Lipinski definition) is 5. The number of nitrogens with zero attached hydrogens (tertiary/aromatic N) is 2. The summed E-state index contributed by atoms with van der Waals surface area (Å²) in [6.07, 6.45) is -0.698. The van der Waals surface area contributed by atoms with Crippen LogP contribution in [-0.4, -0.2) is 55.5 Å². The molecule has 4 rings (SSSR count). The molecule has 1 fully saturated rings. The molecule has 31 heavy (non-hydrogen) atoms. The first kappa shape index (κ1) is 21.1. The summed E-state index contributed by atoms with van der Waals surface area (Å²) < 4.78 is 19.9. The Labute approximate surface area is 181 Å². The van der Waals surface area contributed by atoms with Gasteiger partial charge in [0.25, 0.3) is 11.8 Å². The highest BCUT2D eigenvalue weighted by atomic mass is 19.1. The highest BCUT2D eigenvalue weighted by molar-refractivity contribution is 5.97. The number of hydrogen-bond donors (Lipinski definition) is 2. The highest BCUT2D eigenvalue weighted by Gasteiger charge is 2.27. The minimum Gasteiger partial charge on any atom is -0.476 e. The number of ether oxygens (including phenoxy) is 1. The lowest BCUT2D eigenvalue weighted by atomic mass is 10.1. The number of carbonyl (C=O) groups is 2. The summed E-state index contributed by atoms with van der Waals surface area (Å²) in [7, 11) is 0. The number of carbonyl (C=O) groups excluding carboxylic acids is 2. The van der Waals surface area contributed by atoms with E-state index in [1.54, 1.807) is 13.0 Å². The fourth-order valence-corrected chi connectivity index (χ4v) is 3.93. The molecule has 0 saturated carbocycles. The summed E-state index contributed by atoms with van der Waals surface area (Å²) in [5.74, 6) is -0.676. The molecule has 7 nitrogen and oxygen atoms in total. The molecule has 2 heterocycles. The van der Waals surface area contributed by atoms with Crippen LogP contribution in [0.3, 0.4) is 0 Å². The van der Waals surface area contributed by atoms with E-state index in [1.807, 2.05) is 31.2 Å². The molecule has 2 N–H and O–H groups in total. The molecule has 2 aromatic carbocycles. The highest BCUT2D eigenvalue weighted by Crippen LogP contribution is 2.34. The Morgan fingerprint density at radius 1 is 1.19 bits per heavy atom. The molecule has 2 amide bonds. The summed E-state index contributed by atoms with van der Waals surface area (Å²) in [6.45, 7) is 8.03. The van der Waals surface area contributed by atoms with Crippen LogP contribution in [0.25, 0.3) is 0 Å². The third kappa shape index (κ3) is 4.64. The van der Waals surface area contributed by atoms with Crippen molar-refractivity contribution in [3.8, 4) is 5.75 Å². The van der Waals surface area contributed by atoms with Gasteiger partial charge in [-0.3, -0.25) is 14.5 Å². The molecule has 0 aromatic heterocycles. The molecule has 1 unspecified atom stereocenters. The second-order valence-corrected chi connectivity index (χ2v) is 7.87. The standard InChI is InChI=1S/C23H27FN4O3/c1-3-25-23(30)17-4-6-18(7-5-17)28-10-8-27(9-11-28)14-16-12-19(24)21-20(13-16)26-22(29)15(2)31-21/h4-7,12-13,15H,3,8-11,14H2,1-2H3,(H,25,30)(H,26,29). The van der Waals surface area contributed by atoms with Gasteiger partial charge in [-0.05, 0) is 55.8 Å². The van der Waals surface area contributed by atoms with Crippen molar-refractivity contribution in [2.45, 2.75) is 26.5 Å². The van der Waals surface area contributed by atoms with E-state index in [-0.39, 0.29) is 17.6 Å². The van der Waals surface area contributed by atoms with Crippen LogP contribution in [0.2, 0.25) is 0 Å². The van der Waals surface area contributed by atoms with Crippen LogP contribution in [0.5, 0.6) is 5.75 Å². The Morgan fingerprint density at radius 3 is 2.58 bits per heavy atom. The SMILES string of the molecule is CCNC(=O)c1ccc(N2CCN(Cc3cc(F)c4c(c3)NC(=O)C(C)O4)CC2)cc1. The zero-order valence-electron chi connectivity index (χ0n) is 17.8. The Bertz CT molecular complexity index is 972. The molecule has 2 aromatic rings. The quantitative estimate of drug-likeness (QED) is 0.769. The predicted octanol–water partition coefficient (Wildman–Crippen LogP) is 2.62. The van der Waals surface area contributed by atoms with Crippen LogP contribution in [-0.2, 0) is 11.3 Å². The molecule has 0 aliphatic carbocycles. The zero-order chi connectivity index (χ0) is 22.0. The first-order valence-electron chi connectivity index (χ1n) is 10.6. The van der Waals surface area contributed by atoms with Gasteiger partial charge < -0.3 is 20.3 Å². The molecule has 1 saturated heterocycles. The molecule has 0 bridgehead atoms. The van der Waals surface area contributed by atoms with Gasteiger partial charge in [-0.15, -0.1) is 0 Å². The summed E-state index contributed by atoms with van der Waals surface area (Å²) in [5, 5.41) is 5.52. The van der Waals surface area contributed by atoms with E-state index in [0.29, 0.717) is 24.3 Å². The van der Waals surface area contributed by atoms with Crippen LogP contribution >= 0.6 is 0 Å². The lowest BCUT2D eigenvalue weighted by molar-refractivity contribution is -0.122. The van der Waals surface area contributed by atoms with Crippen LogP contribution < -0.4 is 20.3 Å². The predicted molar refractivity (Wildman–Crippen MR) is 117 cm³/mol. The van der Waals surface area contributed by atoms with Gasteiger partial charge in [-0.2, -0.15) is 0 Å². The third-order valence-corrected chi connectivity index (χ3v) is 5.64. The minimum absolute atomic E-state index is 0.0628. The Morgan fingerprint density at radius 2 is 1.90 bits per heavy atom. The normalized spacial score (nSPS) is 18.7. The van der Waals surface area contributed by atoms with Crippen molar-refractivity contribution in [1.82, 2.24) is 10.2 Å². The van der Waals surface area contributed by atoms with E-state index in [4.69, 9.17) is 4.74 Å². The van der Waals surface area contributed by atoms with Gasteiger partial charge >= 0.3 is 0 Å². The summed E-state index contributed by atoms with van der Waals surface area (Å²) in [4.78, 5) is 28.3. The number of benzene rings is 2. The van der Waals surface area contributed by atoms with Crippen molar-refractivity contribution in [3.63, 3.8) is 0 Å². The van der Waals surface area contributed by atoms with Crippen molar-refractivity contribution in [1.29, 1.82) is 0 Å². The van der Waals surface area contributed by atoms with Crippen molar-refractivity contribution in [2.75, 3.05) is 42.9 Å². The minimum atomic E-state index is -0.698. The van der Waals surface area contributed by atoms with E-state index < -0.39 is 11.9 Å². The molecule has 2 aliphatic heterocycles. The number of rotatable bonds is 5. The smallest absolute Gasteiger partial charge is 0.265 e. The monoisotopic (exact) mass is 426 g/mol. The first-order chi connectivity index (χ1) is 14.9.